The summed E-state index contributed by atoms with van der Waals surface area (Å²) in [5.41, 5.74) is 0.973. The van der Waals surface area contributed by atoms with Crippen molar-refractivity contribution < 1.29 is 19.0 Å². The molecule has 1 heterocycles. The van der Waals surface area contributed by atoms with Crippen LogP contribution in [0.5, 0.6) is 0 Å². The summed E-state index contributed by atoms with van der Waals surface area (Å²) in [6.45, 7) is 0.358. The van der Waals surface area contributed by atoms with E-state index in [1.807, 2.05) is 0 Å². The summed E-state index contributed by atoms with van der Waals surface area (Å²) in [4.78, 5) is 10.7. The Balaban J connectivity index is 2.62. The van der Waals surface area contributed by atoms with E-state index in [0.29, 0.717) is 11.1 Å². The quantitative estimate of drug-likeness (QED) is 0.716. The molecule has 0 aromatic heterocycles. The van der Waals surface area contributed by atoms with Crippen molar-refractivity contribution in [3.63, 3.8) is 0 Å². The van der Waals surface area contributed by atoms with Gasteiger partial charge in [0.05, 0.1) is 18.8 Å². The molecule has 0 saturated heterocycles. The Hall–Kier alpha value is -1.42. The molecule has 0 fully saturated rings. The maximum absolute atomic E-state index is 13.1. The first kappa shape index (κ1) is 8.19. The van der Waals surface area contributed by atoms with Gasteiger partial charge in [0.25, 0.3) is 0 Å². The summed E-state index contributed by atoms with van der Waals surface area (Å²) >= 11 is 0. The smallest absolute Gasteiger partial charge is 0.336 e. The molecule has 0 radical (unpaired) electrons. The van der Waals surface area contributed by atoms with E-state index in [1.165, 1.54) is 6.07 Å². The van der Waals surface area contributed by atoms with Crippen molar-refractivity contribution >= 4 is 5.97 Å². The lowest BCUT2D eigenvalue weighted by molar-refractivity contribution is 0.0692. The first-order valence-electron chi connectivity index (χ1n) is 3.81. The molecule has 13 heavy (non-hydrogen) atoms. The van der Waals surface area contributed by atoms with Gasteiger partial charge in [-0.1, -0.05) is 0 Å². The third kappa shape index (κ3) is 1.19. The zero-order valence-electron chi connectivity index (χ0n) is 6.71. The third-order valence-electron chi connectivity index (χ3n) is 2.10. The molecule has 0 saturated carbocycles. The van der Waals surface area contributed by atoms with Gasteiger partial charge in [-0.05, 0) is 12.1 Å². The Bertz CT molecular complexity index is 373. The number of hydrogen-bond acceptors (Lipinski definition) is 2. The highest BCUT2D eigenvalue weighted by molar-refractivity contribution is 5.89. The molecule has 0 aliphatic carbocycles. The summed E-state index contributed by atoms with van der Waals surface area (Å²) in [6.07, 6.45) is 0. The average Bonchev–Trinajstić information content (AvgIpc) is 2.53. The van der Waals surface area contributed by atoms with Gasteiger partial charge in [-0.3, -0.25) is 0 Å². The van der Waals surface area contributed by atoms with Crippen molar-refractivity contribution in [1.82, 2.24) is 0 Å². The fraction of sp³-hybridized carbons (Fsp3) is 0.222. The number of ether oxygens (including phenoxy) is 1. The molecule has 0 spiro atoms. The van der Waals surface area contributed by atoms with Crippen LogP contribution in [0.1, 0.15) is 21.5 Å². The second-order valence-electron chi connectivity index (χ2n) is 2.85. The molecule has 0 atom stereocenters. The number of carboxylic acid groups (broad SMARTS) is 1. The molecule has 1 aromatic carbocycles. The number of aromatic carboxylic acids is 1. The molecule has 1 aromatic rings. The van der Waals surface area contributed by atoms with Crippen LogP contribution in [0.3, 0.4) is 0 Å². The largest absolute Gasteiger partial charge is 0.478 e. The van der Waals surface area contributed by atoms with Gasteiger partial charge in [-0.2, -0.15) is 0 Å². The molecule has 1 aliphatic rings. The van der Waals surface area contributed by atoms with E-state index >= 15 is 0 Å². The van der Waals surface area contributed by atoms with Crippen LogP contribution >= 0.6 is 0 Å². The monoisotopic (exact) mass is 182 g/mol. The molecular weight excluding hydrogens is 175 g/mol. The number of carbonyl (C=O) groups is 1. The van der Waals surface area contributed by atoms with E-state index in [4.69, 9.17) is 9.84 Å². The fourth-order valence-corrected chi connectivity index (χ4v) is 1.44. The molecule has 4 heteroatoms. The van der Waals surface area contributed by atoms with Crippen molar-refractivity contribution in [2.24, 2.45) is 0 Å². The van der Waals surface area contributed by atoms with E-state index in [1.54, 1.807) is 0 Å². The van der Waals surface area contributed by atoms with Gasteiger partial charge in [0.15, 0.2) is 0 Å². The highest BCUT2D eigenvalue weighted by Crippen LogP contribution is 2.25. The van der Waals surface area contributed by atoms with E-state index in [9.17, 15) is 9.18 Å². The number of rotatable bonds is 1. The lowest BCUT2D eigenvalue weighted by atomic mass is 10.0. The van der Waals surface area contributed by atoms with Gasteiger partial charge in [-0.25, -0.2) is 9.18 Å². The number of hydrogen-bond donors (Lipinski definition) is 1. The summed E-state index contributed by atoms with van der Waals surface area (Å²) in [7, 11) is 0. The predicted octanol–water partition coefficient (Wildman–Crippen LogP) is 1.55. The minimum absolute atomic E-state index is 0.133. The summed E-state index contributed by atoms with van der Waals surface area (Å²) < 4.78 is 18.0. The Morgan fingerprint density at radius 3 is 2.77 bits per heavy atom. The van der Waals surface area contributed by atoms with E-state index < -0.39 is 11.8 Å². The van der Waals surface area contributed by atoms with Gasteiger partial charge >= 0.3 is 5.97 Å². The van der Waals surface area contributed by atoms with E-state index in [0.717, 1.165) is 6.07 Å². The van der Waals surface area contributed by atoms with Crippen LogP contribution in [0, 0.1) is 5.82 Å². The number of fused-ring (bicyclic) bond motifs is 1. The van der Waals surface area contributed by atoms with Gasteiger partial charge < -0.3 is 9.84 Å². The zero-order valence-corrected chi connectivity index (χ0v) is 6.71. The SMILES string of the molecule is O=C(O)c1ccc(F)c2c1COC2. The highest BCUT2D eigenvalue weighted by Gasteiger charge is 2.22. The number of halogens is 1. The Morgan fingerprint density at radius 1 is 1.38 bits per heavy atom. The lowest BCUT2D eigenvalue weighted by Crippen LogP contribution is -2.03. The summed E-state index contributed by atoms with van der Waals surface area (Å²) in [5, 5.41) is 8.76. The molecule has 2 rings (SSSR count). The van der Waals surface area contributed by atoms with Crippen molar-refractivity contribution in [2.45, 2.75) is 13.2 Å². The predicted molar refractivity (Wildman–Crippen MR) is 41.9 cm³/mol. The Kier molecular flexibility index (Phi) is 1.77. The summed E-state index contributed by atoms with van der Waals surface area (Å²) in [5.74, 6) is -1.43. The standard InChI is InChI=1S/C9H7FO3/c10-8-2-1-5(9(11)12)6-3-13-4-7(6)8/h1-2H,3-4H2,(H,11,12). The zero-order chi connectivity index (χ0) is 9.42. The maximum atomic E-state index is 13.1. The first-order chi connectivity index (χ1) is 6.20. The van der Waals surface area contributed by atoms with E-state index in [2.05, 4.69) is 0 Å². The molecule has 1 aliphatic heterocycles. The summed E-state index contributed by atoms with van der Waals surface area (Å²) in [6, 6.07) is 2.43. The maximum Gasteiger partial charge on any atom is 0.336 e. The molecule has 3 nitrogen and oxygen atoms in total. The molecule has 0 bridgehead atoms. The second-order valence-corrected chi connectivity index (χ2v) is 2.85. The van der Waals surface area contributed by atoms with Crippen molar-refractivity contribution in [3.05, 3.63) is 34.6 Å². The molecule has 0 amide bonds. The first-order valence-corrected chi connectivity index (χ1v) is 3.81. The van der Waals surface area contributed by atoms with Crippen LogP contribution in [0.2, 0.25) is 0 Å². The van der Waals surface area contributed by atoms with E-state index in [-0.39, 0.29) is 18.8 Å². The van der Waals surface area contributed by atoms with Gasteiger partial charge in [0.2, 0.25) is 0 Å². The molecular formula is C9H7FO3. The highest BCUT2D eigenvalue weighted by atomic mass is 19.1. The fourth-order valence-electron chi connectivity index (χ4n) is 1.44. The molecule has 1 N–H and O–H groups in total. The minimum atomic E-state index is -1.04. The van der Waals surface area contributed by atoms with Crippen LogP contribution in [0.25, 0.3) is 0 Å². The lowest BCUT2D eigenvalue weighted by Gasteiger charge is -2.02. The Morgan fingerprint density at radius 2 is 2.08 bits per heavy atom. The molecule has 68 valence electrons. The number of benzene rings is 1. The van der Waals surface area contributed by atoms with Crippen LogP contribution in [-0.4, -0.2) is 11.1 Å². The minimum Gasteiger partial charge on any atom is -0.478 e. The van der Waals surface area contributed by atoms with Crippen LogP contribution in [-0.2, 0) is 18.0 Å². The van der Waals surface area contributed by atoms with Crippen LogP contribution in [0.15, 0.2) is 12.1 Å². The van der Waals surface area contributed by atoms with Crippen molar-refractivity contribution in [1.29, 1.82) is 0 Å². The third-order valence-corrected chi connectivity index (χ3v) is 2.10. The van der Waals surface area contributed by atoms with Crippen molar-refractivity contribution in [2.75, 3.05) is 0 Å². The van der Waals surface area contributed by atoms with Gasteiger partial charge in [0.1, 0.15) is 5.82 Å². The number of carboxylic acids is 1. The second kappa shape index (κ2) is 2.81. The normalized spacial score (nSPS) is 14.2. The topological polar surface area (TPSA) is 46.5 Å². The van der Waals surface area contributed by atoms with Crippen molar-refractivity contribution in [3.8, 4) is 0 Å². The molecule has 0 unspecified atom stereocenters. The van der Waals surface area contributed by atoms with Crippen LogP contribution < -0.4 is 0 Å². The Labute approximate surface area is 73.8 Å². The van der Waals surface area contributed by atoms with Gasteiger partial charge in [-0.15, -0.1) is 0 Å². The van der Waals surface area contributed by atoms with Crippen LogP contribution in [0.4, 0.5) is 4.39 Å². The average molecular weight is 182 g/mol. The van der Waals surface area contributed by atoms with Gasteiger partial charge in [0, 0.05) is 11.1 Å².